The predicted octanol–water partition coefficient (Wildman–Crippen LogP) is 2.45. The topological polar surface area (TPSA) is 88.0 Å². The highest BCUT2D eigenvalue weighted by molar-refractivity contribution is 5.93. The van der Waals surface area contributed by atoms with E-state index in [0.717, 1.165) is 5.56 Å². The van der Waals surface area contributed by atoms with E-state index in [1.165, 1.54) is 6.20 Å². The summed E-state index contributed by atoms with van der Waals surface area (Å²) in [5.74, 6) is -0.283. The number of nitrogens with zero attached hydrogens (tertiary/aromatic N) is 3. The van der Waals surface area contributed by atoms with Crippen LogP contribution in [0.4, 0.5) is 5.82 Å². The number of carboxylic acids is 1. The molecule has 0 unspecified atom stereocenters. The molecule has 2 heterocycles. The van der Waals surface area contributed by atoms with Crippen molar-refractivity contribution in [2.24, 2.45) is 0 Å². The minimum Gasteiger partial charge on any atom is -0.477 e. The Hall–Kier alpha value is -2.50. The normalized spacial score (nSPS) is 11.2. The predicted molar refractivity (Wildman–Crippen MR) is 75.6 cm³/mol. The SMILES string of the molecule is CC(C)(C)Nc1nc(-c2ccncc2)ncc1C(=O)O. The van der Waals surface area contributed by atoms with Crippen LogP contribution in [0.3, 0.4) is 0 Å². The zero-order valence-corrected chi connectivity index (χ0v) is 11.6. The van der Waals surface area contributed by atoms with Crippen LogP contribution in [-0.2, 0) is 0 Å². The molecule has 0 radical (unpaired) electrons. The van der Waals surface area contributed by atoms with E-state index in [2.05, 4.69) is 20.3 Å². The molecule has 0 aliphatic rings. The molecule has 0 aliphatic heterocycles. The first-order chi connectivity index (χ1) is 9.37. The number of anilines is 1. The summed E-state index contributed by atoms with van der Waals surface area (Å²) in [7, 11) is 0. The van der Waals surface area contributed by atoms with Crippen LogP contribution in [0.25, 0.3) is 11.4 Å². The highest BCUT2D eigenvalue weighted by Gasteiger charge is 2.19. The van der Waals surface area contributed by atoms with E-state index in [1.807, 2.05) is 20.8 Å². The van der Waals surface area contributed by atoms with Crippen molar-refractivity contribution >= 4 is 11.8 Å². The molecule has 0 atom stereocenters. The number of hydrogen-bond acceptors (Lipinski definition) is 5. The maximum absolute atomic E-state index is 11.2. The molecule has 0 bridgehead atoms. The molecule has 0 saturated heterocycles. The molecule has 0 amide bonds. The number of rotatable bonds is 3. The van der Waals surface area contributed by atoms with Gasteiger partial charge in [-0.1, -0.05) is 0 Å². The lowest BCUT2D eigenvalue weighted by molar-refractivity contribution is 0.0697. The Kier molecular flexibility index (Phi) is 3.65. The van der Waals surface area contributed by atoms with Crippen molar-refractivity contribution < 1.29 is 9.90 Å². The second-order valence-electron chi connectivity index (χ2n) is 5.37. The molecule has 0 fully saturated rings. The fraction of sp³-hybridized carbons (Fsp3) is 0.286. The van der Waals surface area contributed by atoms with Crippen molar-refractivity contribution in [2.75, 3.05) is 5.32 Å². The standard InChI is InChI=1S/C14H16N4O2/c1-14(2,3)18-12-10(13(19)20)8-16-11(17-12)9-4-6-15-7-5-9/h4-8H,1-3H3,(H,19,20)(H,16,17,18). The Balaban J connectivity index is 2.48. The monoisotopic (exact) mass is 272 g/mol. The van der Waals surface area contributed by atoms with Gasteiger partial charge in [-0.3, -0.25) is 4.98 Å². The second kappa shape index (κ2) is 5.24. The van der Waals surface area contributed by atoms with Crippen molar-refractivity contribution in [2.45, 2.75) is 26.3 Å². The third-order valence-electron chi connectivity index (χ3n) is 2.45. The smallest absolute Gasteiger partial charge is 0.341 e. The number of aromatic carboxylic acids is 1. The fourth-order valence-electron chi connectivity index (χ4n) is 1.63. The van der Waals surface area contributed by atoms with Gasteiger partial charge < -0.3 is 10.4 Å². The maximum atomic E-state index is 11.2. The van der Waals surface area contributed by atoms with Crippen molar-refractivity contribution in [3.63, 3.8) is 0 Å². The zero-order chi connectivity index (χ0) is 14.8. The van der Waals surface area contributed by atoms with E-state index < -0.39 is 5.97 Å². The van der Waals surface area contributed by atoms with Gasteiger partial charge >= 0.3 is 5.97 Å². The lowest BCUT2D eigenvalue weighted by atomic mass is 10.1. The minimum atomic E-state index is -1.06. The molecule has 6 heteroatoms. The molecule has 0 aromatic carbocycles. The van der Waals surface area contributed by atoms with Gasteiger partial charge in [0.1, 0.15) is 11.4 Å². The first-order valence-electron chi connectivity index (χ1n) is 6.16. The highest BCUT2D eigenvalue weighted by atomic mass is 16.4. The lowest BCUT2D eigenvalue weighted by Gasteiger charge is -2.22. The molecule has 2 rings (SSSR count). The lowest BCUT2D eigenvalue weighted by Crippen LogP contribution is -2.28. The summed E-state index contributed by atoms with van der Waals surface area (Å²) in [6.45, 7) is 5.81. The van der Waals surface area contributed by atoms with Gasteiger partial charge in [0.25, 0.3) is 0 Å². The summed E-state index contributed by atoms with van der Waals surface area (Å²) in [4.78, 5) is 23.6. The average molecular weight is 272 g/mol. The summed E-state index contributed by atoms with van der Waals surface area (Å²) < 4.78 is 0. The van der Waals surface area contributed by atoms with Crippen molar-refractivity contribution in [1.82, 2.24) is 15.0 Å². The largest absolute Gasteiger partial charge is 0.477 e. The molecular formula is C14H16N4O2. The Morgan fingerprint density at radius 1 is 1.25 bits per heavy atom. The Morgan fingerprint density at radius 3 is 2.45 bits per heavy atom. The van der Waals surface area contributed by atoms with Crippen LogP contribution in [0.1, 0.15) is 31.1 Å². The van der Waals surface area contributed by atoms with Crippen LogP contribution in [0.5, 0.6) is 0 Å². The highest BCUT2D eigenvalue weighted by Crippen LogP contribution is 2.21. The Labute approximate surface area is 116 Å². The van der Waals surface area contributed by atoms with Gasteiger partial charge in [0.15, 0.2) is 5.82 Å². The van der Waals surface area contributed by atoms with Gasteiger partial charge in [0, 0.05) is 29.7 Å². The van der Waals surface area contributed by atoms with E-state index in [4.69, 9.17) is 0 Å². The molecule has 20 heavy (non-hydrogen) atoms. The minimum absolute atomic E-state index is 0.0535. The van der Waals surface area contributed by atoms with E-state index >= 15 is 0 Å². The number of carboxylic acid groups (broad SMARTS) is 1. The van der Waals surface area contributed by atoms with Gasteiger partial charge in [-0.05, 0) is 32.9 Å². The number of hydrogen-bond donors (Lipinski definition) is 2. The van der Waals surface area contributed by atoms with Gasteiger partial charge in [-0.15, -0.1) is 0 Å². The van der Waals surface area contributed by atoms with Crippen LogP contribution in [0.2, 0.25) is 0 Å². The first-order valence-corrected chi connectivity index (χ1v) is 6.16. The Morgan fingerprint density at radius 2 is 1.90 bits per heavy atom. The molecule has 2 aromatic rings. The molecule has 0 spiro atoms. The van der Waals surface area contributed by atoms with Gasteiger partial charge in [0.05, 0.1) is 0 Å². The van der Waals surface area contributed by atoms with Crippen molar-refractivity contribution in [3.8, 4) is 11.4 Å². The summed E-state index contributed by atoms with van der Waals surface area (Å²) in [5, 5.41) is 12.3. The summed E-state index contributed by atoms with van der Waals surface area (Å²) in [5.41, 5.74) is 0.542. The van der Waals surface area contributed by atoms with Crippen LogP contribution in [0.15, 0.2) is 30.7 Å². The molecule has 104 valence electrons. The van der Waals surface area contributed by atoms with E-state index in [-0.39, 0.29) is 11.1 Å². The van der Waals surface area contributed by atoms with E-state index in [0.29, 0.717) is 11.6 Å². The molecular weight excluding hydrogens is 256 g/mol. The quantitative estimate of drug-likeness (QED) is 0.892. The molecule has 6 nitrogen and oxygen atoms in total. The van der Waals surface area contributed by atoms with Crippen molar-refractivity contribution in [1.29, 1.82) is 0 Å². The van der Waals surface area contributed by atoms with Crippen LogP contribution < -0.4 is 5.32 Å². The van der Waals surface area contributed by atoms with Crippen LogP contribution in [-0.4, -0.2) is 31.6 Å². The van der Waals surface area contributed by atoms with Gasteiger partial charge in [0.2, 0.25) is 0 Å². The molecule has 0 saturated carbocycles. The Bertz CT molecular complexity index is 621. The first kappa shape index (κ1) is 13.9. The average Bonchev–Trinajstić information content (AvgIpc) is 2.37. The van der Waals surface area contributed by atoms with E-state index in [9.17, 15) is 9.90 Å². The van der Waals surface area contributed by atoms with Crippen LogP contribution in [0, 0.1) is 0 Å². The van der Waals surface area contributed by atoms with Gasteiger partial charge in [-0.2, -0.15) is 0 Å². The summed E-state index contributed by atoms with van der Waals surface area (Å²) >= 11 is 0. The third kappa shape index (κ3) is 3.28. The number of aromatic nitrogens is 3. The molecule has 0 aliphatic carbocycles. The molecule has 2 aromatic heterocycles. The summed E-state index contributed by atoms with van der Waals surface area (Å²) in [6.07, 6.45) is 4.60. The maximum Gasteiger partial charge on any atom is 0.341 e. The van der Waals surface area contributed by atoms with E-state index in [1.54, 1.807) is 24.5 Å². The van der Waals surface area contributed by atoms with Crippen molar-refractivity contribution in [3.05, 3.63) is 36.3 Å². The zero-order valence-electron chi connectivity index (χ0n) is 11.6. The second-order valence-corrected chi connectivity index (χ2v) is 5.37. The van der Waals surface area contributed by atoms with Gasteiger partial charge in [-0.25, -0.2) is 14.8 Å². The van der Waals surface area contributed by atoms with Crippen LogP contribution >= 0.6 is 0 Å². The molecule has 2 N–H and O–H groups in total. The number of carbonyl (C=O) groups is 1. The third-order valence-corrected chi connectivity index (χ3v) is 2.45. The number of pyridine rings is 1. The number of nitrogens with one attached hydrogen (secondary N) is 1. The fourth-order valence-corrected chi connectivity index (χ4v) is 1.63. The summed E-state index contributed by atoms with van der Waals surface area (Å²) in [6, 6.07) is 3.55.